The lowest BCUT2D eigenvalue weighted by Crippen LogP contribution is -2.22. The number of rotatable bonds is 5. The first-order valence-electron chi connectivity index (χ1n) is 8.60. The summed E-state index contributed by atoms with van der Waals surface area (Å²) in [6.45, 7) is 3.93. The highest BCUT2D eigenvalue weighted by Crippen LogP contribution is 2.22. The van der Waals surface area contributed by atoms with Gasteiger partial charge in [-0.3, -0.25) is 4.99 Å². The number of nitrogens with one attached hydrogen (secondary N) is 1. The van der Waals surface area contributed by atoms with Crippen LogP contribution in [-0.2, 0) is 0 Å². The van der Waals surface area contributed by atoms with Gasteiger partial charge in [0.05, 0.1) is 29.4 Å². The molecule has 0 saturated heterocycles. The molecule has 0 radical (unpaired) electrons. The van der Waals surface area contributed by atoms with Gasteiger partial charge >= 0.3 is 0 Å². The molecule has 0 aliphatic rings. The Labute approximate surface area is 158 Å². The summed E-state index contributed by atoms with van der Waals surface area (Å²) >= 11 is 0. The Morgan fingerprint density at radius 1 is 1.22 bits per heavy atom. The van der Waals surface area contributed by atoms with Gasteiger partial charge in [0.1, 0.15) is 6.34 Å². The highest BCUT2D eigenvalue weighted by molar-refractivity contribution is 5.97. The van der Waals surface area contributed by atoms with Crippen molar-refractivity contribution in [3.8, 4) is 5.69 Å². The second-order valence-corrected chi connectivity index (χ2v) is 6.19. The second-order valence-electron chi connectivity index (χ2n) is 6.19. The topological polar surface area (TPSA) is 107 Å². The summed E-state index contributed by atoms with van der Waals surface area (Å²) in [6, 6.07) is 15.6. The normalized spacial score (nSPS) is 13.0. The van der Waals surface area contributed by atoms with Gasteiger partial charge in [-0.15, -0.1) is 0 Å². The predicted molar refractivity (Wildman–Crippen MR) is 111 cm³/mol. The summed E-state index contributed by atoms with van der Waals surface area (Å²) < 4.78 is 1.88. The van der Waals surface area contributed by atoms with E-state index in [1.54, 1.807) is 12.4 Å². The van der Waals surface area contributed by atoms with E-state index in [-0.39, 0.29) is 12.0 Å². The van der Waals surface area contributed by atoms with Gasteiger partial charge in [-0.05, 0) is 37.6 Å². The number of guanidine groups is 1. The SMILES string of the molecule is Cc1cn(-c2ccc(NC(N)=NC=NC(C)c3ccccc3)cc2N)cn1. The highest BCUT2D eigenvalue weighted by atomic mass is 15.1. The number of aryl methyl sites for hydroxylation is 1. The average Bonchev–Trinajstić information content (AvgIpc) is 3.08. The zero-order valence-corrected chi connectivity index (χ0v) is 15.4. The maximum atomic E-state index is 6.15. The van der Waals surface area contributed by atoms with Crippen molar-refractivity contribution in [2.24, 2.45) is 15.7 Å². The first kappa shape index (κ1) is 18.2. The number of imidazole rings is 1. The van der Waals surface area contributed by atoms with Crippen LogP contribution in [0.5, 0.6) is 0 Å². The largest absolute Gasteiger partial charge is 0.397 e. The summed E-state index contributed by atoms with van der Waals surface area (Å²) in [5, 5.41) is 3.01. The molecule has 1 atom stereocenters. The van der Waals surface area contributed by atoms with Crippen molar-refractivity contribution in [2.45, 2.75) is 19.9 Å². The van der Waals surface area contributed by atoms with Gasteiger partial charge in [0, 0.05) is 11.9 Å². The van der Waals surface area contributed by atoms with Gasteiger partial charge in [-0.1, -0.05) is 30.3 Å². The van der Waals surface area contributed by atoms with E-state index in [0.29, 0.717) is 5.69 Å². The van der Waals surface area contributed by atoms with Crippen LogP contribution in [0.2, 0.25) is 0 Å². The molecule has 1 unspecified atom stereocenters. The first-order chi connectivity index (χ1) is 13.0. The zero-order chi connectivity index (χ0) is 19.2. The van der Waals surface area contributed by atoms with Crippen molar-refractivity contribution in [1.29, 1.82) is 0 Å². The fraction of sp³-hybridized carbons (Fsp3) is 0.150. The van der Waals surface area contributed by atoms with Crippen LogP contribution < -0.4 is 16.8 Å². The second kappa shape index (κ2) is 8.18. The lowest BCUT2D eigenvalue weighted by Gasteiger charge is -2.10. The number of aromatic nitrogens is 2. The van der Waals surface area contributed by atoms with Crippen molar-refractivity contribution in [1.82, 2.24) is 9.55 Å². The minimum atomic E-state index is 0.0105. The van der Waals surface area contributed by atoms with E-state index in [2.05, 4.69) is 20.3 Å². The van der Waals surface area contributed by atoms with Crippen molar-refractivity contribution in [3.05, 3.63) is 72.3 Å². The zero-order valence-electron chi connectivity index (χ0n) is 15.4. The molecule has 0 saturated carbocycles. The van der Waals surface area contributed by atoms with Crippen molar-refractivity contribution in [3.63, 3.8) is 0 Å². The molecule has 138 valence electrons. The maximum absolute atomic E-state index is 6.15. The van der Waals surface area contributed by atoms with Crippen LogP contribution in [0.15, 0.2) is 71.0 Å². The average molecular weight is 361 g/mol. The Hall–Kier alpha value is -3.61. The molecule has 7 nitrogen and oxygen atoms in total. The van der Waals surface area contributed by atoms with Crippen LogP contribution in [0.4, 0.5) is 11.4 Å². The molecule has 27 heavy (non-hydrogen) atoms. The van der Waals surface area contributed by atoms with E-state index in [9.17, 15) is 0 Å². The minimum absolute atomic E-state index is 0.0105. The summed E-state index contributed by atoms with van der Waals surface area (Å²) in [7, 11) is 0. The van der Waals surface area contributed by atoms with Crippen LogP contribution in [0.1, 0.15) is 24.2 Å². The Morgan fingerprint density at radius 3 is 2.67 bits per heavy atom. The molecule has 1 heterocycles. The number of anilines is 2. The van der Waals surface area contributed by atoms with Crippen LogP contribution >= 0.6 is 0 Å². The first-order valence-corrected chi connectivity index (χ1v) is 8.60. The summed E-state index contributed by atoms with van der Waals surface area (Å²) in [4.78, 5) is 12.7. The fourth-order valence-corrected chi connectivity index (χ4v) is 2.61. The monoisotopic (exact) mass is 361 g/mol. The van der Waals surface area contributed by atoms with Crippen molar-refractivity contribution < 1.29 is 0 Å². The Balaban J connectivity index is 1.65. The predicted octanol–water partition coefficient (Wildman–Crippen LogP) is 3.28. The van der Waals surface area contributed by atoms with Crippen molar-refractivity contribution in [2.75, 3.05) is 11.1 Å². The standard InChI is InChI=1S/C20H23N7/c1-14-11-27(13-25-14)19-9-8-17(10-18(19)21)26-20(22)24-12-23-15(2)16-6-4-3-5-7-16/h3-13,15H,21H2,1-2H3,(H3,22,23,24,26). The Bertz CT molecular complexity index is 957. The van der Waals surface area contributed by atoms with Gasteiger partial charge in [0.25, 0.3) is 0 Å². The summed E-state index contributed by atoms with van der Waals surface area (Å²) in [5.74, 6) is 0.240. The third-order valence-corrected chi connectivity index (χ3v) is 4.06. The molecule has 1 aromatic heterocycles. The van der Waals surface area contributed by atoms with Crippen LogP contribution in [0, 0.1) is 6.92 Å². The maximum Gasteiger partial charge on any atom is 0.199 e. The van der Waals surface area contributed by atoms with Gasteiger partial charge in [-0.2, -0.15) is 0 Å². The van der Waals surface area contributed by atoms with E-state index >= 15 is 0 Å². The van der Waals surface area contributed by atoms with E-state index in [1.807, 2.05) is 67.1 Å². The van der Waals surface area contributed by atoms with E-state index < -0.39 is 0 Å². The van der Waals surface area contributed by atoms with E-state index in [4.69, 9.17) is 11.5 Å². The molecule has 3 aromatic rings. The molecule has 0 aliphatic heterocycles. The number of nitrogens with two attached hydrogens (primary N) is 2. The van der Waals surface area contributed by atoms with Crippen LogP contribution in [-0.4, -0.2) is 21.8 Å². The van der Waals surface area contributed by atoms with E-state index in [1.165, 1.54) is 6.34 Å². The number of hydrogen-bond donors (Lipinski definition) is 3. The van der Waals surface area contributed by atoms with Crippen LogP contribution in [0.25, 0.3) is 5.69 Å². The molecule has 5 N–H and O–H groups in total. The molecule has 0 fully saturated rings. The third-order valence-electron chi connectivity index (χ3n) is 4.06. The number of aliphatic imine (C=N–C) groups is 2. The van der Waals surface area contributed by atoms with Crippen LogP contribution in [0.3, 0.4) is 0 Å². The van der Waals surface area contributed by atoms with Gasteiger partial charge in [0.2, 0.25) is 0 Å². The molecule has 7 heteroatoms. The lowest BCUT2D eigenvalue weighted by atomic mass is 10.1. The van der Waals surface area contributed by atoms with Gasteiger partial charge in [0.15, 0.2) is 5.96 Å². The summed E-state index contributed by atoms with van der Waals surface area (Å²) in [6.07, 6.45) is 5.11. The molecule has 2 aromatic carbocycles. The quantitative estimate of drug-likeness (QED) is 0.368. The Kier molecular flexibility index (Phi) is 5.51. The Morgan fingerprint density at radius 2 is 2.00 bits per heavy atom. The number of hydrogen-bond acceptors (Lipinski definition) is 3. The smallest absolute Gasteiger partial charge is 0.199 e. The molecular weight excluding hydrogens is 338 g/mol. The van der Waals surface area contributed by atoms with Gasteiger partial charge in [-0.25, -0.2) is 9.98 Å². The van der Waals surface area contributed by atoms with Crippen molar-refractivity contribution >= 4 is 23.7 Å². The minimum Gasteiger partial charge on any atom is -0.397 e. The molecule has 0 amide bonds. The lowest BCUT2D eigenvalue weighted by molar-refractivity contribution is 0.823. The van der Waals surface area contributed by atoms with E-state index in [0.717, 1.165) is 22.6 Å². The fourth-order valence-electron chi connectivity index (χ4n) is 2.61. The summed E-state index contributed by atoms with van der Waals surface area (Å²) in [5.41, 5.74) is 16.3. The number of nitrogens with zero attached hydrogens (tertiary/aromatic N) is 4. The molecule has 0 spiro atoms. The number of nitrogen functional groups attached to an aromatic ring is 1. The highest BCUT2D eigenvalue weighted by Gasteiger charge is 2.05. The number of benzene rings is 2. The molecule has 3 rings (SSSR count). The molecule has 0 aliphatic carbocycles. The third kappa shape index (κ3) is 4.72. The molecular formula is C20H23N7. The van der Waals surface area contributed by atoms with Gasteiger partial charge < -0.3 is 21.4 Å². The molecule has 0 bridgehead atoms.